The fourth-order valence-electron chi connectivity index (χ4n) is 2.03. The van der Waals surface area contributed by atoms with Crippen molar-refractivity contribution in [2.45, 2.75) is 12.5 Å². The van der Waals surface area contributed by atoms with E-state index in [0.29, 0.717) is 17.7 Å². The summed E-state index contributed by atoms with van der Waals surface area (Å²) in [6.45, 7) is 0. The van der Waals surface area contributed by atoms with Crippen LogP contribution in [-0.2, 0) is 0 Å². The minimum atomic E-state index is -0.285. The first-order valence-electron chi connectivity index (χ1n) is 5.64. The first-order valence-corrected chi connectivity index (χ1v) is 6.43. The molecule has 0 aliphatic carbocycles. The van der Waals surface area contributed by atoms with Gasteiger partial charge in [0.15, 0.2) is 5.78 Å². The Morgan fingerprint density at radius 2 is 2.17 bits per heavy atom. The molecule has 1 atom stereocenters. The second-order valence-electron chi connectivity index (χ2n) is 4.13. The molecule has 0 radical (unpaired) electrons. The van der Waals surface area contributed by atoms with Gasteiger partial charge in [-0.05, 0) is 30.3 Å². The van der Waals surface area contributed by atoms with Gasteiger partial charge in [0.25, 0.3) is 0 Å². The smallest absolute Gasteiger partial charge is 0.170 e. The predicted octanol–water partition coefficient (Wildman–Crippen LogP) is 3.55. The maximum Gasteiger partial charge on any atom is 0.170 e. The molecular formula is C14H10BrNO2. The number of nitrogens with zero attached hydrogens (tertiary/aromatic N) is 1. The summed E-state index contributed by atoms with van der Waals surface area (Å²) >= 11 is 3.36. The van der Waals surface area contributed by atoms with Crippen LogP contribution in [0.2, 0.25) is 0 Å². The standard InChI is InChI=1S/C14H10BrNO2/c15-9-4-5-13-10(7-9)12(17)8-14(18-13)11-3-1-2-6-16-11/h1-7,14H,8H2/t14-/m1/s1. The van der Waals surface area contributed by atoms with Gasteiger partial charge in [-0.2, -0.15) is 0 Å². The van der Waals surface area contributed by atoms with Gasteiger partial charge in [0.1, 0.15) is 11.9 Å². The number of aromatic nitrogens is 1. The number of ether oxygens (including phenoxy) is 1. The predicted molar refractivity (Wildman–Crippen MR) is 70.7 cm³/mol. The largest absolute Gasteiger partial charge is 0.483 e. The summed E-state index contributed by atoms with van der Waals surface area (Å²) in [5.74, 6) is 0.721. The molecule has 0 saturated heterocycles. The molecular weight excluding hydrogens is 294 g/mol. The molecule has 0 amide bonds. The first kappa shape index (κ1) is 11.4. The minimum absolute atomic E-state index is 0.0909. The summed E-state index contributed by atoms with van der Waals surface area (Å²) in [5, 5.41) is 0. The highest BCUT2D eigenvalue weighted by Gasteiger charge is 2.28. The van der Waals surface area contributed by atoms with E-state index in [-0.39, 0.29) is 11.9 Å². The van der Waals surface area contributed by atoms with Gasteiger partial charge in [-0.3, -0.25) is 9.78 Å². The van der Waals surface area contributed by atoms with Crippen LogP contribution in [0, 0.1) is 0 Å². The normalized spacial score (nSPS) is 18.1. The second kappa shape index (κ2) is 4.53. The summed E-state index contributed by atoms with van der Waals surface area (Å²) in [6, 6.07) is 11.1. The van der Waals surface area contributed by atoms with Crippen LogP contribution in [0.25, 0.3) is 0 Å². The van der Waals surface area contributed by atoms with Gasteiger partial charge >= 0.3 is 0 Å². The van der Waals surface area contributed by atoms with Crippen molar-refractivity contribution in [3.63, 3.8) is 0 Å². The zero-order chi connectivity index (χ0) is 12.5. The molecule has 0 fully saturated rings. The average Bonchev–Trinajstić information content (AvgIpc) is 2.40. The van der Waals surface area contributed by atoms with Crippen LogP contribution in [0.4, 0.5) is 0 Å². The molecule has 2 aromatic rings. The lowest BCUT2D eigenvalue weighted by Gasteiger charge is -2.24. The van der Waals surface area contributed by atoms with Gasteiger partial charge in [0.2, 0.25) is 0 Å². The Bertz CT molecular complexity index is 598. The fourth-order valence-corrected chi connectivity index (χ4v) is 2.39. The lowest BCUT2D eigenvalue weighted by molar-refractivity contribution is 0.0844. The molecule has 90 valence electrons. The van der Waals surface area contributed by atoms with E-state index in [1.54, 1.807) is 12.3 Å². The van der Waals surface area contributed by atoms with E-state index < -0.39 is 0 Å². The van der Waals surface area contributed by atoms with E-state index in [1.165, 1.54) is 0 Å². The van der Waals surface area contributed by atoms with Gasteiger partial charge < -0.3 is 4.74 Å². The van der Waals surface area contributed by atoms with Crippen LogP contribution >= 0.6 is 15.9 Å². The Morgan fingerprint density at radius 3 is 2.94 bits per heavy atom. The molecule has 0 saturated carbocycles. The Balaban J connectivity index is 1.97. The highest BCUT2D eigenvalue weighted by Crippen LogP contribution is 2.35. The monoisotopic (exact) mass is 303 g/mol. The number of fused-ring (bicyclic) bond motifs is 1. The minimum Gasteiger partial charge on any atom is -0.483 e. The van der Waals surface area contributed by atoms with Crippen molar-refractivity contribution in [2.24, 2.45) is 0 Å². The molecule has 2 heterocycles. The Hall–Kier alpha value is -1.68. The summed E-state index contributed by atoms with van der Waals surface area (Å²) in [7, 11) is 0. The molecule has 4 heteroatoms. The highest BCUT2D eigenvalue weighted by atomic mass is 79.9. The van der Waals surface area contributed by atoms with Crippen LogP contribution < -0.4 is 4.74 Å². The number of carbonyl (C=O) groups excluding carboxylic acids is 1. The summed E-state index contributed by atoms with van der Waals surface area (Å²) < 4.78 is 6.72. The van der Waals surface area contributed by atoms with Gasteiger partial charge in [0.05, 0.1) is 17.7 Å². The van der Waals surface area contributed by atoms with Crippen LogP contribution in [0.1, 0.15) is 28.6 Å². The number of Topliss-reactive ketones (excluding diaryl/α,β-unsaturated/α-hetero) is 1. The Kier molecular flexibility index (Phi) is 2.88. The molecule has 3 rings (SSSR count). The number of hydrogen-bond acceptors (Lipinski definition) is 3. The first-order chi connectivity index (χ1) is 8.74. The van der Waals surface area contributed by atoms with Crippen molar-refractivity contribution in [3.05, 3.63) is 58.3 Å². The quantitative estimate of drug-likeness (QED) is 0.809. The molecule has 1 aromatic carbocycles. The lowest BCUT2D eigenvalue weighted by Crippen LogP contribution is -2.21. The third-order valence-corrected chi connectivity index (χ3v) is 3.39. The number of halogens is 1. The third-order valence-electron chi connectivity index (χ3n) is 2.90. The van der Waals surface area contributed by atoms with E-state index in [9.17, 15) is 4.79 Å². The van der Waals surface area contributed by atoms with Crippen LogP contribution in [0.3, 0.4) is 0 Å². The summed E-state index contributed by atoms with van der Waals surface area (Å²) in [5.41, 5.74) is 1.43. The van der Waals surface area contributed by atoms with E-state index in [4.69, 9.17) is 4.74 Å². The zero-order valence-electron chi connectivity index (χ0n) is 9.47. The van der Waals surface area contributed by atoms with Crippen molar-refractivity contribution < 1.29 is 9.53 Å². The maximum absolute atomic E-state index is 12.1. The van der Waals surface area contributed by atoms with Crippen LogP contribution in [0.5, 0.6) is 5.75 Å². The maximum atomic E-state index is 12.1. The fraction of sp³-hybridized carbons (Fsp3) is 0.143. The van der Waals surface area contributed by atoms with Crippen molar-refractivity contribution in [2.75, 3.05) is 0 Å². The SMILES string of the molecule is O=C1C[C@H](c2ccccn2)Oc2ccc(Br)cc21. The van der Waals surface area contributed by atoms with Crippen molar-refractivity contribution in [1.29, 1.82) is 0 Å². The van der Waals surface area contributed by atoms with Crippen LogP contribution in [-0.4, -0.2) is 10.8 Å². The molecule has 0 N–H and O–H groups in total. The van der Waals surface area contributed by atoms with E-state index in [2.05, 4.69) is 20.9 Å². The van der Waals surface area contributed by atoms with E-state index in [1.807, 2.05) is 30.3 Å². The number of ketones is 1. The van der Waals surface area contributed by atoms with Gasteiger partial charge in [0, 0.05) is 10.7 Å². The number of rotatable bonds is 1. The summed E-state index contributed by atoms with van der Waals surface area (Å²) in [6.07, 6.45) is 1.76. The summed E-state index contributed by atoms with van der Waals surface area (Å²) in [4.78, 5) is 16.3. The van der Waals surface area contributed by atoms with Crippen LogP contribution in [0.15, 0.2) is 47.1 Å². The molecule has 0 unspecified atom stereocenters. The Morgan fingerprint density at radius 1 is 1.28 bits per heavy atom. The van der Waals surface area contributed by atoms with Crippen molar-refractivity contribution in [3.8, 4) is 5.75 Å². The molecule has 3 nitrogen and oxygen atoms in total. The molecule has 0 spiro atoms. The van der Waals surface area contributed by atoms with Crippen molar-refractivity contribution >= 4 is 21.7 Å². The molecule has 1 aromatic heterocycles. The highest BCUT2D eigenvalue weighted by molar-refractivity contribution is 9.10. The topological polar surface area (TPSA) is 39.2 Å². The van der Waals surface area contributed by atoms with Gasteiger partial charge in [-0.25, -0.2) is 0 Å². The average molecular weight is 304 g/mol. The lowest BCUT2D eigenvalue weighted by atomic mass is 9.99. The molecule has 18 heavy (non-hydrogen) atoms. The van der Waals surface area contributed by atoms with Crippen molar-refractivity contribution in [1.82, 2.24) is 4.98 Å². The molecule has 1 aliphatic heterocycles. The second-order valence-corrected chi connectivity index (χ2v) is 5.04. The Labute approximate surface area is 113 Å². The molecule has 0 bridgehead atoms. The van der Waals surface area contributed by atoms with Gasteiger partial charge in [-0.1, -0.05) is 22.0 Å². The zero-order valence-corrected chi connectivity index (χ0v) is 11.1. The number of carbonyl (C=O) groups is 1. The van der Waals surface area contributed by atoms with Gasteiger partial charge in [-0.15, -0.1) is 0 Å². The number of benzene rings is 1. The number of hydrogen-bond donors (Lipinski definition) is 0. The number of pyridine rings is 1. The molecule has 1 aliphatic rings. The van der Waals surface area contributed by atoms with E-state index >= 15 is 0 Å². The third kappa shape index (κ3) is 2.04. The van der Waals surface area contributed by atoms with E-state index in [0.717, 1.165) is 10.2 Å².